The molecule has 2 heterocycles. The van der Waals surface area contributed by atoms with Crippen LogP contribution in [0.2, 0.25) is 0 Å². The molecule has 0 aromatic heterocycles. The molecule has 390 valence electrons. The number of hydrogen-bond donors (Lipinski definition) is 0. The predicted octanol–water partition coefficient (Wildman–Crippen LogP) is 19.1. The van der Waals surface area contributed by atoms with Gasteiger partial charge in [-0.05, 0) is 161 Å². The van der Waals surface area contributed by atoms with Crippen molar-refractivity contribution in [1.82, 2.24) is 0 Å². The third kappa shape index (κ3) is 9.16. The molecular weight excluding hydrogens is 950 g/mol. The molecule has 0 saturated heterocycles. The number of rotatable bonds is 6. The van der Waals surface area contributed by atoms with Gasteiger partial charge in [-0.25, -0.2) is 0 Å². The van der Waals surface area contributed by atoms with Gasteiger partial charge in [-0.1, -0.05) is 268 Å². The van der Waals surface area contributed by atoms with E-state index < -0.39 is 0 Å². The SMILES string of the molecule is CC(C)(C)c1cccc(-c2cc(-c3cc4c5c(c3)N(c3ccccc3)c3ccc(C(C)(C)C)cc3B5C3=C(C=CC(C(C)(C)C)C3)CCC4c3ccccc3)cc(C3c4ccccc4C(c4ccccc4)=C4C=CC=CC43)c2)c1. The monoisotopic (exact) mass is 1020 g/mol. The summed E-state index contributed by atoms with van der Waals surface area (Å²) in [6.45, 7) is 21.5. The molecule has 0 fully saturated rings. The minimum Gasteiger partial charge on any atom is -0.311 e. The van der Waals surface area contributed by atoms with Gasteiger partial charge in [-0.15, -0.1) is 0 Å². The van der Waals surface area contributed by atoms with Crippen LogP contribution < -0.4 is 15.8 Å². The number of nitrogens with zero attached hydrogens (tertiary/aromatic N) is 1. The highest BCUT2D eigenvalue weighted by Crippen LogP contribution is 2.53. The van der Waals surface area contributed by atoms with E-state index in [9.17, 15) is 0 Å². The van der Waals surface area contributed by atoms with Crippen molar-refractivity contribution in [3.05, 3.63) is 286 Å². The van der Waals surface area contributed by atoms with Gasteiger partial charge in [-0.2, -0.15) is 0 Å². The Balaban J connectivity index is 1.12. The summed E-state index contributed by atoms with van der Waals surface area (Å²) in [6, 6.07) is 72.9. The molecule has 4 unspecified atom stereocenters. The Labute approximate surface area is 472 Å². The maximum absolute atomic E-state index is 2.67. The first kappa shape index (κ1) is 50.8. The molecule has 0 amide bonds. The van der Waals surface area contributed by atoms with E-state index in [-0.39, 0.29) is 40.7 Å². The minimum absolute atomic E-state index is 0.00590. The Morgan fingerprint density at radius 2 is 1.15 bits per heavy atom. The molecule has 0 N–H and O–H groups in total. The van der Waals surface area contributed by atoms with Crippen LogP contribution in [-0.4, -0.2) is 6.71 Å². The fraction of sp³-hybridized carbons (Fsp3) is 0.247. The summed E-state index contributed by atoms with van der Waals surface area (Å²) >= 11 is 0. The maximum atomic E-state index is 2.67. The number of allylic oxidation sites excluding steroid dienone is 9. The van der Waals surface area contributed by atoms with Crippen LogP contribution in [0.5, 0.6) is 0 Å². The lowest BCUT2D eigenvalue weighted by Crippen LogP contribution is -2.55. The molecule has 8 aromatic rings. The molecule has 1 nitrogen and oxygen atoms in total. The number of benzene rings is 8. The number of anilines is 3. The van der Waals surface area contributed by atoms with E-state index in [4.69, 9.17) is 0 Å². The van der Waals surface area contributed by atoms with E-state index >= 15 is 0 Å². The van der Waals surface area contributed by atoms with Crippen molar-refractivity contribution in [2.45, 2.75) is 104 Å². The highest BCUT2D eigenvalue weighted by Gasteiger charge is 2.44. The second kappa shape index (κ2) is 19.6. The van der Waals surface area contributed by atoms with E-state index in [1.165, 1.54) is 111 Å². The van der Waals surface area contributed by atoms with Gasteiger partial charge in [0.2, 0.25) is 6.71 Å². The molecular formula is C77H74BN. The van der Waals surface area contributed by atoms with E-state index in [0.29, 0.717) is 5.92 Å². The lowest BCUT2D eigenvalue weighted by atomic mass is 9.31. The summed E-state index contributed by atoms with van der Waals surface area (Å²) in [5.74, 6) is 0.828. The van der Waals surface area contributed by atoms with Crippen LogP contribution in [-0.2, 0) is 10.8 Å². The maximum Gasteiger partial charge on any atom is 0.243 e. The highest BCUT2D eigenvalue weighted by atomic mass is 15.2. The molecule has 79 heavy (non-hydrogen) atoms. The van der Waals surface area contributed by atoms with Crippen LogP contribution in [0.4, 0.5) is 17.1 Å². The fourth-order valence-electron chi connectivity index (χ4n) is 14.1. The molecule has 0 spiro atoms. The zero-order chi connectivity index (χ0) is 54.4. The third-order valence-electron chi connectivity index (χ3n) is 18.4. The molecule has 2 aliphatic heterocycles. The van der Waals surface area contributed by atoms with Gasteiger partial charge >= 0.3 is 0 Å². The second-order valence-corrected chi connectivity index (χ2v) is 26.4. The first-order chi connectivity index (χ1) is 38.1. The third-order valence-corrected chi connectivity index (χ3v) is 18.4. The van der Waals surface area contributed by atoms with Crippen molar-refractivity contribution in [1.29, 1.82) is 0 Å². The first-order valence-electron chi connectivity index (χ1n) is 29.2. The Hall–Kier alpha value is -7.68. The quantitative estimate of drug-likeness (QED) is 0.150. The van der Waals surface area contributed by atoms with Crippen LogP contribution >= 0.6 is 0 Å². The fourth-order valence-corrected chi connectivity index (χ4v) is 14.1. The Kier molecular flexibility index (Phi) is 12.6. The molecule has 3 aliphatic carbocycles. The number of para-hydroxylation sites is 1. The molecule has 0 saturated carbocycles. The predicted molar refractivity (Wildman–Crippen MR) is 338 cm³/mol. The minimum atomic E-state index is -0.0251. The Morgan fingerprint density at radius 1 is 0.494 bits per heavy atom. The summed E-state index contributed by atoms with van der Waals surface area (Å²) < 4.78 is 0. The standard InChI is InChI=1S/C77H74BN/c1-75(2,3)58-29-23-28-53(45-58)54-42-55(44-57(43-54)73-65-34-21-19-32-63(65)72(52-26-15-11-16-27-52)64-33-20-22-35-66(64)73)56-46-67-62(50-24-13-10-14-25-50)40-37-51-36-38-59(76(4,5)6)48-68(51)78-69-49-60(77(7,8)9)39-41-70(69)79(71(47-56)74(67)78)61-30-17-12-18-31-61/h10-36,38-39,41-47,49,59,62,65,73H,37,40,48H2,1-9H3. The van der Waals surface area contributed by atoms with Crippen molar-refractivity contribution >= 4 is 40.3 Å². The number of hydrogen-bond acceptors (Lipinski definition) is 1. The lowest BCUT2D eigenvalue weighted by Gasteiger charge is -2.44. The van der Waals surface area contributed by atoms with Gasteiger partial charge in [0.1, 0.15) is 0 Å². The zero-order valence-corrected chi connectivity index (χ0v) is 47.8. The smallest absolute Gasteiger partial charge is 0.243 e. The van der Waals surface area contributed by atoms with Gasteiger partial charge in [0, 0.05) is 34.8 Å². The van der Waals surface area contributed by atoms with Gasteiger partial charge in [0.25, 0.3) is 0 Å². The van der Waals surface area contributed by atoms with E-state index in [2.05, 4.69) is 292 Å². The normalized spacial score (nSPS) is 19.5. The summed E-state index contributed by atoms with van der Waals surface area (Å²) in [4.78, 5) is 2.64. The van der Waals surface area contributed by atoms with Crippen molar-refractivity contribution in [3.8, 4) is 22.3 Å². The van der Waals surface area contributed by atoms with Crippen LogP contribution in [0.1, 0.15) is 138 Å². The highest BCUT2D eigenvalue weighted by molar-refractivity contribution is 6.94. The van der Waals surface area contributed by atoms with Gasteiger partial charge in [-0.3, -0.25) is 0 Å². The summed E-state index contributed by atoms with van der Waals surface area (Å²) in [5.41, 5.74) is 28.5. The number of fused-ring (bicyclic) bond motifs is 5. The average molecular weight is 1020 g/mol. The van der Waals surface area contributed by atoms with E-state index in [1.54, 1.807) is 5.47 Å². The zero-order valence-electron chi connectivity index (χ0n) is 47.8. The summed E-state index contributed by atoms with van der Waals surface area (Å²) in [7, 11) is 0. The van der Waals surface area contributed by atoms with Crippen LogP contribution in [0.3, 0.4) is 0 Å². The molecule has 8 aromatic carbocycles. The van der Waals surface area contributed by atoms with Crippen molar-refractivity contribution in [2.24, 2.45) is 17.3 Å². The van der Waals surface area contributed by atoms with E-state index in [0.717, 1.165) is 19.3 Å². The molecule has 13 rings (SSSR count). The van der Waals surface area contributed by atoms with Crippen LogP contribution in [0.15, 0.2) is 241 Å². The summed E-state index contributed by atoms with van der Waals surface area (Å²) in [5, 5.41) is 0. The second-order valence-electron chi connectivity index (χ2n) is 26.4. The van der Waals surface area contributed by atoms with Gasteiger partial charge in [0.05, 0.1) is 0 Å². The van der Waals surface area contributed by atoms with E-state index in [1.807, 2.05) is 0 Å². The summed E-state index contributed by atoms with van der Waals surface area (Å²) in [6.07, 6.45) is 17.6. The van der Waals surface area contributed by atoms with Crippen molar-refractivity contribution < 1.29 is 0 Å². The topological polar surface area (TPSA) is 3.24 Å². The largest absolute Gasteiger partial charge is 0.311 e. The molecule has 2 heteroatoms. The van der Waals surface area contributed by atoms with Crippen LogP contribution in [0, 0.1) is 17.3 Å². The molecule has 0 radical (unpaired) electrons. The van der Waals surface area contributed by atoms with Gasteiger partial charge < -0.3 is 4.90 Å². The van der Waals surface area contributed by atoms with Crippen molar-refractivity contribution in [3.63, 3.8) is 0 Å². The van der Waals surface area contributed by atoms with Crippen LogP contribution in [0.25, 0.3) is 27.8 Å². The van der Waals surface area contributed by atoms with Crippen molar-refractivity contribution in [2.75, 3.05) is 4.90 Å². The molecule has 0 bridgehead atoms. The lowest BCUT2D eigenvalue weighted by molar-refractivity contribution is 0.291. The molecule has 4 atom stereocenters. The first-order valence-corrected chi connectivity index (χ1v) is 29.2. The molecule has 5 aliphatic rings. The van der Waals surface area contributed by atoms with Gasteiger partial charge in [0.15, 0.2) is 0 Å². The Morgan fingerprint density at radius 3 is 1.89 bits per heavy atom. The Bertz CT molecular complexity index is 3820. The average Bonchev–Trinajstić information content (AvgIpc) is 3.48.